The summed E-state index contributed by atoms with van der Waals surface area (Å²) in [7, 11) is 0. The van der Waals surface area contributed by atoms with Crippen LogP contribution in [0, 0.1) is 18.8 Å². The van der Waals surface area contributed by atoms with Crippen LogP contribution in [0.1, 0.15) is 18.5 Å². The number of fused-ring (bicyclic) bond motifs is 2. The van der Waals surface area contributed by atoms with Crippen LogP contribution >= 0.6 is 11.3 Å². The van der Waals surface area contributed by atoms with Crippen LogP contribution in [0.3, 0.4) is 0 Å². The number of carbonyl (C=O) groups excluding carboxylic acids is 1. The molecule has 19 heavy (non-hydrogen) atoms. The number of nitrogens with one attached hydrogen (secondary N) is 1. The van der Waals surface area contributed by atoms with Crippen LogP contribution in [0.4, 0.5) is 5.13 Å². The third-order valence-electron chi connectivity index (χ3n) is 3.71. The number of carboxylic acid groups (broad SMARTS) is 1. The highest BCUT2D eigenvalue weighted by molar-refractivity contribution is 7.13. The van der Waals surface area contributed by atoms with E-state index in [2.05, 4.69) is 10.3 Å². The van der Waals surface area contributed by atoms with Crippen LogP contribution in [0.25, 0.3) is 0 Å². The SMILES string of the molecule is Cc1csc(NC(=O)[C@@H]2[C@@H](C(=O)O)[C@@H]3CC[C@H]2O3)n1. The van der Waals surface area contributed by atoms with E-state index in [-0.39, 0.29) is 18.1 Å². The van der Waals surface area contributed by atoms with Gasteiger partial charge in [0.2, 0.25) is 5.91 Å². The van der Waals surface area contributed by atoms with E-state index >= 15 is 0 Å². The van der Waals surface area contributed by atoms with Crippen LogP contribution in [0.2, 0.25) is 0 Å². The van der Waals surface area contributed by atoms with Crippen molar-refractivity contribution in [2.24, 2.45) is 11.8 Å². The number of aromatic nitrogens is 1. The third kappa shape index (κ3) is 2.12. The van der Waals surface area contributed by atoms with Crippen molar-refractivity contribution >= 4 is 28.3 Å². The quantitative estimate of drug-likeness (QED) is 0.871. The second-order valence-electron chi connectivity index (χ2n) is 4.96. The summed E-state index contributed by atoms with van der Waals surface area (Å²) in [5.41, 5.74) is 0.833. The topological polar surface area (TPSA) is 88.5 Å². The van der Waals surface area contributed by atoms with E-state index < -0.39 is 17.8 Å². The fourth-order valence-corrected chi connectivity index (χ4v) is 3.62. The molecule has 6 nitrogen and oxygen atoms in total. The number of amides is 1. The third-order valence-corrected chi connectivity index (χ3v) is 4.59. The predicted molar refractivity (Wildman–Crippen MR) is 68.0 cm³/mol. The number of nitrogens with zero attached hydrogens (tertiary/aromatic N) is 1. The summed E-state index contributed by atoms with van der Waals surface area (Å²) >= 11 is 1.34. The molecule has 3 heterocycles. The van der Waals surface area contributed by atoms with Crippen molar-refractivity contribution in [3.05, 3.63) is 11.1 Å². The molecule has 0 spiro atoms. The predicted octanol–water partition coefficient (Wildman–Crippen LogP) is 1.27. The Hall–Kier alpha value is -1.47. The number of carbonyl (C=O) groups is 2. The second kappa shape index (κ2) is 4.57. The van der Waals surface area contributed by atoms with E-state index in [0.29, 0.717) is 5.13 Å². The summed E-state index contributed by atoms with van der Waals surface area (Å²) in [6.45, 7) is 1.84. The van der Waals surface area contributed by atoms with Gasteiger partial charge >= 0.3 is 5.97 Å². The van der Waals surface area contributed by atoms with Gasteiger partial charge in [0.15, 0.2) is 5.13 Å². The Bertz CT molecular complexity index is 530. The summed E-state index contributed by atoms with van der Waals surface area (Å²) in [5.74, 6) is -2.60. The highest BCUT2D eigenvalue weighted by Gasteiger charge is 2.55. The van der Waals surface area contributed by atoms with E-state index in [1.807, 2.05) is 12.3 Å². The molecule has 2 fully saturated rings. The first-order valence-corrected chi connectivity index (χ1v) is 7.05. The average molecular weight is 282 g/mol. The van der Waals surface area contributed by atoms with E-state index in [4.69, 9.17) is 4.74 Å². The van der Waals surface area contributed by atoms with Crippen molar-refractivity contribution in [3.63, 3.8) is 0 Å². The van der Waals surface area contributed by atoms with Gasteiger partial charge in [-0.15, -0.1) is 11.3 Å². The first kappa shape index (κ1) is 12.6. The van der Waals surface area contributed by atoms with E-state index in [0.717, 1.165) is 18.5 Å². The van der Waals surface area contributed by atoms with Gasteiger partial charge in [-0.3, -0.25) is 9.59 Å². The monoisotopic (exact) mass is 282 g/mol. The Labute approximate surface area is 113 Å². The summed E-state index contributed by atoms with van der Waals surface area (Å²) in [4.78, 5) is 27.7. The molecule has 0 aliphatic carbocycles. The molecule has 102 valence electrons. The van der Waals surface area contributed by atoms with E-state index in [1.165, 1.54) is 11.3 Å². The lowest BCUT2D eigenvalue weighted by molar-refractivity contribution is -0.147. The van der Waals surface area contributed by atoms with Crippen LogP contribution in [-0.2, 0) is 14.3 Å². The number of carboxylic acids is 1. The molecule has 2 bridgehead atoms. The molecule has 7 heteroatoms. The van der Waals surface area contributed by atoms with Gasteiger partial charge in [0.25, 0.3) is 0 Å². The fourth-order valence-electron chi connectivity index (χ4n) is 2.92. The van der Waals surface area contributed by atoms with Crippen molar-refractivity contribution in [1.29, 1.82) is 0 Å². The number of aliphatic carboxylic acids is 1. The van der Waals surface area contributed by atoms with Crippen LogP contribution < -0.4 is 5.32 Å². The molecule has 0 radical (unpaired) electrons. The van der Waals surface area contributed by atoms with Gasteiger partial charge in [0.1, 0.15) is 0 Å². The van der Waals surface area contributed by atoms with Gasteiger partial charge in [-0.05, 0) is 19.8 Å². The van der Waals surface area contributed by atoms with Crippen molar-refractivity contribution in [2.75, 3.05) is 5.32 Å². The number of thiazole rings is 1. The minimum atomic E-state index is -0.956. The summed E-state index contributed by atoms with van der Waals surface area (Å²) in [6.07, 6.45) is 0.883. The standard InChI is InChI=1S/C12H14N2O4S/c1-5-4-19-12(13-5)14-10(15)8-6-2-3-7(18-6)9(8)11(16)17/h4,6-9H,2-3H2,1H3,(H,16,17)(H,13,14,15)/t6-,7+,8+,9+/m1/s1. The normalized spacial score (nSPS) is 32.5. The van der Waals surface area contributed by atoms with Gasteiger partial charge < -0.3 is 15.2 Å². The molecule has 2 N–H and O–H groups in total. The molecule has 0 aromatic carbocycles. The number of aryl methyl sites for hydroxylation is 1. The van der Waals surface area contributed by atoms with Crippen LogP contribution in [-0.4, -0.2) is 34.2 Å². The zero-order valence-corrected chi connectivity index (χ0v) is 11.1. The van der Waals surface area contributed by atoms with E-state index in [1.54, 1.807) is 0 Å². The van der Waals surface area contributed by atoms with Gasteiger partial charge in [-0.2, -0.15) is 0 Å². The molecule has 1 aromatic rings. The smallest absolute Gasteiger partial charge is 0.310 e. The number of hydrogen-bond acceptors (Lipinski definition) is 5. The highest BCUT2D eigenvalue weighted by atomic mass is 32.1. The first-order valence-electron chi connectivity index (χ1n) is 6.17. The Balaban J connectivity index is 1.77. The van der Waals surface area contributed by atoms with Gasteiger partial charge in [0.05, 0.1) is 29.7 Å². The Kier molecular flexibility index (Phi) is 3.02. The summed E-state index contributed by atoms with van der Waals surface area (Å²) < 4.78 is 5.56. The molecule has 0 unspecified atom stereocenters. The van der Waals surface area contributed by atoms with Gasteiger partial charge in [-0.25, -0.2) is 4.98 Å². The molecule has 1 aromatic heterocycles. The summed E-state index contributed by atoms with van der Waals surface area (Å²) in [6, 6.07) is 0. The molecule has 2 aliphatic rings. The average Bonchev–Trinajstić information content (AvgIpc) is 3.03. The Morgan fingerprint density at radius 3 is 2.68 bits per heavy atom. The number of rotatable bonds is 3. The lowest BCUT2D eigenvalue weighted by Gasteiger charge is -2.23. The molecule has 4 atom stereocenters. The molecular formula is C12H14N2O4S. The van der Waals surface area contributed by atoms with Crippen LogP contribution in [0.15, 0.2) is 5.38 Å². The molecule has 3 rings (SSSR count). The van der Waals surface area contributed by atoms with Crippen molar-refractivity contribution in [2.45, 2.75) is 32.0 Å². The van der Waals surface area contributed by atoms with E-state index in [9.17, 15) is 14.7 Å². The van der Waals surface area contributed by atoms with Crippen LogP contribution in [0.5, 0.6) is 0 Å². The Morgan fingerprint density at radius 1 is 1.42 bits per heavy atom. The number of ether oxygens (including phenoxy) is 1. The largest absolute Gasteiger partial charge is 0.481 e. The number of hydrogen-bond donors (Lipinski definition) is 2. The van der Waals surface area contributed by atoms with Gasteiger partial charge in [0, 0.05) is 5.38 Å². The molecule has 1 amide bonds. The van der Waals surface area contributed by atoms with Gasteiger partial charge in [-0.1, -0.05) is 0 Å². The molecule has 0 saturated carbocycles. The van der Waals surface area contributed by atoms with Crippen molar-refractivity contribution in [3.8, 4) is 0 Å². The fraction of sp³-hybridized carbons (Fsp3) is 0.583. The number of anilines is 1. The van der Waals surface area contributed by atoms with Crippen molar-refractivity contribution < 1.29 is 19.4 Å². The molecule has 2 saturated heterocycles. The minimum absolute atomic E-state index is 0.271. The first-order chi connectivity index (χ1) is 9.06. The highest BCUT2D eigenvalue weighted by Crippen LogP contribution is 2.44. The minimum Gasteiger partial charge on any atom is -0.481 e. The maximum absolute atomic E-state index is 12.2. The zero-order valence-electron chi connectivity index (χ0n) is 10.3. The lowest BCUT2D eigenvalue weighted by atomic mass is 9.79. The van der Waals surface area contributed by atoms with Crippen molar-refractivity contribution in [1.82, 2.24) is 4.98 Å². The zero-order chi connectivity index (χ0) is 13.6. The lowest BCUT2D eigenvalue weighted by Crippen LogP contribution is -2.40. The molecular weight excluding hydrogens is 268 g/mol. The Morgan fingerprint density at radius 2 is 2.11 bits per heavy atom. The molecule has 2 aliphatic heterocycles. The maximum Gasteiger partial charge on any atom is 0.310 e. The second-order valence-corrected chi connectivity index (χ2v) is 5.82. The summed E-state index contributed by atoms with van der Waals surface area (Å²) in [5, 5.41) is 14.3. The maximum atomic E-state index is 12.2.